The first kappa shape index (κ1) is 37.8. The van der Waals surface area contributed by atoms with E-state index >= 15 is 0 Å². The number of hydrogen-bond acceptors (Lipinski definition) is 2. The van der Waals surface area contributed by atoms with Crippen molar-refractivity contribution in [2.45, 2.75) is 34.6 Å². The first-order chi connectivity index (χ1) is 14.1. The molecule has 0 aromatic heterocycles. The molecule has 2 rings (SSSR count). The molecule has 32 heavy (non-hydrogen) atoms. The van der Waals surface area contributed by atoms with Gasteiger partial charge in [-0.3, -0.25) is 0 Å². The smallest absolute Gasteiger partial charge is 2.00 e. The minimum Gasteiger partial charge on any atom is 2.00 e. The van der Waals surface area contributed by atoms with Gasteiger partial charge in [0.15, 0.2) is 0 Å². The van der Waals surface area contributed by atoms with Crippen LogP contribution in [0.2, 0.25) is 0 Å². The van der Waals surface area contributed by atoms with Gasteiger partial charge < -0.3 is 33.5 Å². The van der Waals surface area contributed by atoms with Crippen molar-refractivity contribution in [1.29, 1.82) is 0 Å². The van der Waals surface area contributed by atoms with E-state index in [1.807, 2.05) is 0 Å². The van der Waals surface area contributed by atoms with Crippen molar-refractivity contribution in [3.05, 3.63) is 67.1 Å². The van der Waals surface area contributed by atoms with Gasteiger partial charge in [-0.15, -0.1) is 0 Å². The van der Waals surface area contributed by atoms with Crippen LogP contribution in [0.3, 0.4) is 0 Å². The summed E-state index contributed by atoms with van der Waals surface area (Å²) < 4.78 is 39.0. The summed E-state index contributed by atoms with van der Waals surface area (Å²) in [5.74, 6) is 9.86. The molecule has 2 aliphatic rings. The van der Waals surface area contributed by atoms with Gasteiger partial charge in [0.1, 0.15) is 0 Å². The summed E-state index contributed by atoms with van der Waals surface area (Å²) in [7, 11) is 6.91. The van der Waals surface area contributed by atoms with E-state index in [0.29, 0.717) is 0 Å². The molecule has 187 valence electrons. The first-order valence-corrected chi connectivity index (χ1v) is 12.4. The normalized spacial score (nSPS) is 20.2. The van der Waals surface area contributed by atoms with Crippen LogP contribution in [0.15, 0.2) is 0 Å². The molecule has 2 saturated carbocycles. The van der Waals surface area contributed by atoms with Crippen LogP contribution in [0, 0.1) is 67.1 Å². The van der Waals surface area contributed by atoms with Gasteiger partial charge in [0.05, 0.1) is 0 Å². The topological polar surface area (TPSA) is 6.48 Å². The Morgan fingerprint density at radius 2 is 0.938 bits per heavy atom. The van der Waals surface area contributed by atoms with E-state index in [1.54, 1.807) is 18.8 Å². The third-order valence-electron chi connectivity index (χ3n) is 4.70. The molecule has 0 aliphatic heterocycles. The predicted molar refractivity (Wildman–Crippen MR) is 120 cm³/mol. The quantitative estimate of drug-likeness (QED) is 0.201. The van der Waals surface area contributed by atoms with Gasteiger partial charge >= 0.3 is 54.9 Å². The molecule has 10 heteroatoms. The van der Waals surface area contributed by atoms with Crippen molar-refractivity contribution in [3.63, 3.8) is 0 Å². The van der Waals surface area contributed by atoms with Crippen LogP contribution in [0.1, 0.15) is 34.6 Å². The van der Waals surface area contributed by atoms with E-state index in [2.05, 4.69) is 108 Å². The maximum Gasteiger partial charge on any atom is 2.00 e. The third kappa shape index (κ3) is 18.6. The van der Waals surface area contributed by atoms with Crippen LogP contribution >= 0.6 is 9.42 Å². The summed E-state index contributed by atoms with van der Waals surface area (Å²) >= 11 is 1.61. The van der Waals surface area contributed by atoms with Crippen LogP contribution in [0.25, 0.3) is 0 Å². The monoisotopic (exact) mass is 745 g/mol. The van der Waals surface area contributed by atoms with Gasteiger partial charge in [0.25, 0.3) is 0 Å². The number of hydrogen-bond donors (Lipinski definition) is 0. The summed E-state index contributed by atoms with van der Waals surface area (Å²) in [4.78, 5) is 4.32. The maximum absolute atomic E-state index is 9.75. The Balaban J connectivity index is -0.000000410. The van der Waals surface area contributed by atoms with E-state index in [1.165, 1.54) is 41.4 Å². The Kier molecular flexibility index (Phi) is 23.1. The maximum atomic E-state index is 9.75. The molecule has 0 bridgehead atoms. The largest absolute Gasteiger partial charge is 2.00 e. The Hall–Kier alpha value is 1.31. The SMILES string of the molecule is CN(C)C[C]1[C-][C](CN(C)C)[CH][CH][CH]1.C[C]1[C](C)[C](C)[C](C)[C]1C.F[B-](F)(F)F.[Cl][Pt+].[Ru+2]. The molecule has 0 spiro atoms. The average molecular weight is 745 g/mol. The van der Waals surface area contributed by atoms with Gasteiger partial charge in [-0.1, -0.05) is 47.5 Å². The van der Waals surface area contributed by atoms with Gasteiger partial charge in [0, 0.05) is 0 Å². The van der Waals surface area contributed by atoms with Crippen LogP contribution in [-0.2, 0) is 38.3 Å². The molecule has 0 saturated heterocycles. The minimum absolute atomic E-state index is 0. The number of halogens is 5. The summed E-state index contributed by atoms with van der Waals surface area (Å²) in [5, 5.41) is 0. The van der Waals surface area contributed by atoms with Gasteiger partial charge in [-0.25, -0.2) is 0 Å². The molecule has 0 heterocycles. The van der Waals surface area contributed by atoms with Crippen molar-refractivity contribution < 1.29 is 55.5 Å². The molecule has 11 radical (unpaired) electrons. The van der Waals surface area contributed by atoms with Crippen LogP contribution in [0.5, 0.6) is 0 Å². The molecular formula is C22H34BClF4N2PtRu+. The molecule has 0 aromatic carbocycles. The molecule has 0 unspecified atom stereocenters. The number of nitrogens with zero attached hydrogens (tertiary/aromatic N) is 2. The van der Waals surface area contributed by atoms with E-state index in [-0.39, 0.29) is 19.5 Å². The standard InChI is InChI=1S/C12H19N2.C10H15.BF4.ClH.Pt.Ru/c1-13(2)9-11-6-5-7-12(8-11)10-14(3)4;1-6-7(2)9(4)10(5)8(6)3;2-1(3,4)5;;;/h5-7H,9-10H2,1-4H3;1-5H3;;1H;;/q-1;;-1;;2*+2/p-1. The summed E-state index contributed by atoms with van der Waals surface area (Å²) in [6, 6.07) is 0. The third-order valence-corrected chi connectivity index (χ3v) is 4.70. The Morgan fingerprint density at radius 3 is 1.12 bits per heavy atom. The summed E-state index contributed by atoms with van der Waals surface area (Å²) in [6.45, 7) is 12.9. The van der Waals surface area contributed by atoms with E-state index in [9.17, 15) is 17.3 Å². The second-order valence-corrected chi connectivity index (χ2v) is 7.80. The van der Waals surface area contributed by atoms with Crippen molar-refractivity contribution >= 4 is 16.7 Å². The Morgan fingerprint density at radius 1 is 0.719 bits per heavy atom. The average Bonchev–Trinajstić information content (AvgIpc) is 2.80. The fraction of sp³-hybridized carbons (Fsp3) is 0.500. The van der Waals surface area contributed by atoms with E-state index < -0.39 is 7.25 Å². The molecule has 0 aromatic rings. The molecule has 0 N–H and O–H groups in total. The van der Waals surface area contributed by atoms with Crippen molar-refractivity contribution in [2.24, 2.45) is 0 Å². The van der Waals surface area contributed by atoms with E-state index in [4.69, 9.17) is 0 Å². The molecule has 2 aliphatic carbocycles. The van der Waals surface area contributed by atoms with Gasteiger partial charge in [0.2, 0.25) is 0 Å². The molecule has 2 fully saturated rings. The van der Waals surface area contributed by atoms with Gasteiger partial charge in [-0.2, -0.15) is 11.8 Å². The Bertz CT molecular complexity index is 384. The molecule has 0 amide bonds. The van der Waals surface area contributed by atoms with Crippen molar-refractivity contribution in [3.8, 4) is 0 Å². The minimum atomic E-state index is -6.00. The zero-order valence-corrected chi connectivity index (χ0v) is 24.9. The fourth-order valence-corrected chi connectivity index (χ4v) is 2.84. The van der Waals surface area contributed by atoms with Crippen LogP contribution < -0.4 is 0 Å². The van der Waals surface area contributed by atoms with E-state index in [0.717, 1.165) is 13.1 Å². The molecular weight excluding hydrogens is 711 g/mol. The summed E-state index contributed by atoms with van der Waals surface area (Å²) in [5.41, 5.74) is 0. The van der Waals surface area contributed by atoms with Crippen molar-refractivity contribution in [1.82, 2.24) is 9.80 Å². The van der Waals surface area contributed by atoms with Gasteiger partial charge in [-0.05, 0) is 77.3 Å². The van der Waals surface area contributed by atoms with Crippen molar-refractivity contribution in [2.75, 3.05) is 41.3 Å². The first-order valence-electron chi connectivity index (χ1n) is 9.61. The molecule has 0 atom stereocenters. The number of rotatable bonds is 4. The Labute approximate surface area is 224 Å². The fourth-order valence-electron chi connectivity index (χ4n) is 2.84. The zero-order valence-electron chi connectivity index (χ0n) is 20.2. The van der Waals surface area contributed by atoms with Crippen LogP contribution in [-0.4, -0.2) is 58.3 Å². The van der Waals surface area contributed by atoms with Crippen LogP contribution in [0.4, 0.5) is 17.3 Å². The zero-order chi connectivity index (χ0) is 24.9. The summed E-state index contributed by atoms with van der Waals surface area (Å²) in [6.07, 6.45) is 9.78. The predicted octanol–water partition coefficient (Wildman–Crippen LogP) is 5.92. The molecule has 2 nitrogen and oxygen atoms in total. The second-order valence-electron chi connectivity index (χ2n) is 7.80. The second kappa shape index (κ2) is 19.5.